The minimum absolute atomic E-state index is 0.274. The maximum absolute atomic E-state index is 8.88. The molecule has 7 heavy (non-hydrogen) atoms. The summed E-state index contributed by atoms with van der Waals surface area (Å²) in [7, 11) is -0.636. The molecule has 0 aliphatic carbocycles. The van der Waals surface area contributed by atoms with Crippen LogP contribution in [0.1, 0.15) is 6.42 Å². The Labute approximate surface area is 49.5 Å². The van der Waals surface area contributed by atoms with Gasteiger partial charge in [0, 0.05) is 19.7 Å². The van der Waals surface area contributed by atoms with E-state index in [4.69, 9.17) is 16.5 Å². The van der Waals surface area contributed by atoms with Crippen LogP contribution >= 0.6 is 19.7 Å². The molecule has 1 heterocycles. The molecule has 0 radical (unpaired) electrons. The molecule has 2 unspecified atom stereocenters. The van der Waals surface area contributed by atoms with Gasteiger partial charge in [-0.25, -0.2) is 0 Å². The molecule has 0 bridgehead atoms. The fraction of sp³-hybridized carbons (Fsp3) is 1.00. The molecule has 0 aromatic rings. The van der Waals surface area contributed by atoms with E-state index >= 15 is 0 Å². The van der Waals surface area contributed by atoms with E-state index in [9.17, 15) is 0 Å². The van der Waals surface area contributed by atoms with Gasteiger partial charge in [0.05, 0.1) is 0 Å². The third-order valence-electron chi connectivity index (χ3n) is 1.11. The summed E-state index contributed by atoms with van der Waals surface area (Å²) in [6, 6.07) is 0. The molecule has 0 spiro atoms. The molecule has 42 valence electrons. The quantitative estimate of drug-likeness (QED) is 0.396. The predicted octanol–water partition coefficient (Wildman–Crippen LogP) is 1.39. The van der Waals surface area contributed by atoms with Gasteiger partial charge in [-0.15, -0.1) is 11.6 Å². The van der Waals surface area contributed by atoms with Crippen molar-refractivity contribution in [3.8, 4) is 0 Å². The zero-order chi connectivity index (χ0) is 5.28. The average Bonchev–Trinajstić information content (AvgIpc) is 1.87. The highest BCUT2D eigenvalue weighted by molar-refractivity contribution is 7.52. The number of hydrogen-bond acceptors (Lipinski definition) is 1. The maximum Gasteiger partial charge on any atom is 0.0400 e. The zero-order valence-corrected chi connectivity index (χ0v) is 5.62. The second-order valence-corrected chi connectivity index (χ2v) is 4.24. The Morgan fingerprint density at radius 1 is 1.71 bits per heavy atom. The van der Waals surface area contributed by atoms with Gasteiger partial charge in [0.25, 0.3) is 0 Å². The van der Waals surface area contributed by atoms with Gasteiger partial charge < -0.3 is 4.89 Å². The summed E-state index contributed by atoms with van der Waals surface area (Å²) < 4.78 is 0. The van der Waals surface area contributed by atoms with E-state index in [0.29, 0.717) is 0 Å². The Balaban J connectivity index is 2.26. The van der Waals surface area contributed by atoms with Crippen LogP contribution in [0.15, 0.2) is 0 Å². The minimum Gasteiger partial charge on any atom is -0.374 e. The Kier molecular flexibility index (Phi) is 1.91. The fourth-order valence-corrected chi connectivity index (χ4v) is 2.87. The minimum atomic E-state index is -0.636. The van der Waals surface area contributed by atoms with E-state index in [1.54, 1.807) is 0 Å². The van der Waals surface area contributed by atoms with Gasteiger partial charge in [-0.3, -0.25) is 0 Å². The molecule has 1 aliphatic heterocycles. The SMILES string of the molecule is OP1CCC(Cl)C1. The lowest BCUT2D eigenvalue weighted by atomic mass is 10.4. The van der Waals surface area contributed by atoms with Crippen LogP contribution in [0.5, 0.6) is 0 Å². The molecule has 0 aromatic heterocycles. The molecule has 0 amide bonds. The molecule has 0 saturated carbocycles. The normalized spacial score (nSPS) is 42.0. The van der Waals surface area contributed by atoms with E-state index < -0.39 is 8.15 Å². The predicted molar refractivity (Wildman–Crippen MR) is 33.1 cm³/mol. The first-order chi connectivity index (χ1) is 3.29. The zero-order valence-electron chi connectivity index (χ0n) is 3.97. The number of hydrogen-bond donors (Lipinski definition) is 1. The van der Waals surface area contributed by atoms with Gasteiger partial charge in [-0.05, 0) is 12.6 Å². The van der Waals surface area contributed by atoms with Gasteiger partial charge in [-0.2, -0.15) is 0 Å². The lowest BCUT2D eigenvalue weighted by Gasteiger charge is -1.94. The second kappa shape index (κ2) is 2.30. The lowest BCUT2D eigenvalue weighted by Crippen LogP contribution is -1.91. The van der Waals surface area contributed by atoms with Crippen LogP contribution in [0.3, 0.4) is 0 Å². The van der Waals surface area contributed by atoms with Crippen molar-refractivity contribution in [3.63, 3.8) is 0 Å². The van der Waals surface area contributed by atoms with E-state index in [2.05, 4.69) is 0 Å². The first-order valence-corrected chi connectivity index (χ1v) is 4.47. The van der Waals surface area contributed by atoms with Crippen molar-refractivity contribution in [2.45, 2.75) is 11.8 Å². The summed E-state index contributed by atoms with van der Waals surface area (Å²) >= 11 is 5.66. The van der Waals surface area contributed by atoms with E-state index in [1.807, 2.05) is 0 Å². The van der Waals surface area contributed by atoms with E-state index in [0.717, 1.165) is 18.7 Å². The first kappa shape index (κ1) is 5.81. The van der Waals surface area contributed by atoms with Gasteiger partial charge in [-0.1, -0.05) is 0 Å². The fourth-order valence-electron chi connectivity index (χ4n) is 0.700. The molecule has 1 aliphatic rings. The standard InChI is InChI=1S/C4H8ClOP/c5-4-1-2-7(6)3-4/h4,6H,1-3H2. The molecular formula is C4H8ClOP. The van der Waals surface area contributed by atoms with Crippen molar-refractivity contribution in [2.24, 2.45) is 0 Å². The van der Waals surface area contributed by atoms with E-state index in [1.165, 1.54) is 0 Å². The third-order valence-corrected chi connectivity index (χ3v) is 3.33. The summed E-state index contributed by atoms with van der Waals surface area (Å²) in [4.78, 5) is 8.88. The number of halogens is 1. The van der Waals surface area contributed by atoms with Crippen LogP contribution in [0.2, 0.25) is 0 Å². The molecule has 1 rings (SSSR count). The molecule has 0 aromatic carbocycles. The van der Waals surface area contributed by atoms with E-state index in [-0.39, 0.29) is 5.38 Å². The lowest BCUT2D eigenvalue weighted by molar-refractivity contribution is 0.630. The Morgan fingerprint density at radius 3 is 2.57 bits per heavy atom. The summed E-state index contributed by atoms with van der Waals surface area (Å²) in [6.45, 7) is 0. The van der Waals surface area contributed by atoms with Crippen molar-refractivity contribution in [1.82, 2.24) is 0 Å². The highest BCUT2D eigenvalue weighted by Gasteiger charge is 2.19. The smallest absolute Gasteiger partial charge is 0.0400 e. The second-order valence-electron chi connectivity index (χ2n) is 1.80. The average molecular weight is 139 g/mol. The molecular weight excluding hydrogens is 130 g/mol. The van der Waals surface area contributed by atoms with Crippen LogP contribution in [0.25, 0.3) is 0 Å². The molecule has 1 fully saturated rings. The maximum atomic E-state index is 8.88. The van der Waals surface area contributed by atoms with Gasteiger partial charge in [0.1, 0.15) is 0 Å². The van der Waals surface area contributed by atoms with Crippen LogP contribution in [-0.4, -0.2) is 22.6 Å². The number of alkyl halides is 1. The number of rotatable bonds is 0. The summed E-state index contributed by atoms with van der Waals surface area (Å²) in [5.41, 5.74) is 0. The Hall–Kier alpha value is 0.680. The van der Waals surface area contributed by atoms with Crippen molar-refractivity contribution in [1.29, 1.82) is 0 Å². The van der Waals surface area contributed by atoms with Crippen LogP contribution in [0, 0.1) is 0 Å². The Bertz CT molecular complexity index is 60.7. The van der Waals surface area contributed by atoms with Gasteiger partial charge in [0.2, 0.25) is 0 Å². The Morgan fingerprint density at radius 2 is 2.43 bits per heavy atom. The molecule has 2 atom stereocenters. The molecule has 3 heteroatoms. The largest absolute Gasteiger partial charge is 0.374 e. The van der Waals surface area contributed by atoms with Crippen LogP contribution in [-0.2, 0) is 0 Å². The monoisotopic (exact) mass is 138 g/mol. The third kappa shape index (κ3) is 1.56. The van der Waals surface area contributed by atoms with Gasteiger partial charge in [0.15, 0.2) is 0 Å². The van der Waals surface area contributed by atoms with Crippen LogP contribution < -0.4 is 0 Å². The molecule has 1 N–H and O–H groups in total. The molecule has 1 saturated heterocycles. The van der Waals surface area contributed by atoms with Crippen molar-refractivity contribution < 1.29 is 4.89 Å². The molecule has 1 nitrogen and oxygen atoms in total. The van der Waals surface area contributed by atoms with Crippen molar-refractivity contribution >= 4 is 19.7 Å². The first-order valence-electron chi connectivity index (χ1n) is 2.37. The topological polar surface area (TPSA) is 20.2 Å². The van der Waals surface area contributed by atoms with Crippen LogP contribution in [0.4, 0.5) is 0 Å². The summed E-state index contributed by atoms with van der Waals surface area (Å²) in [6.07, 6.45) is 2.84. The highest BCUT2D eigenvalue weighted by atomic mass is 35.5. The summed E-state index contributed by atoms with van der Waals surface area (Å²) in [5, 5.41) is 0.274. The highest BCUT2D eigenvalue weighted by Crippen LogP contribution is 2.40. The summed E-state index contributed by atoms with van der Waals surface area (Å²) in [5.74, 6) is 0. The van der Waals surface area contributed by atoms with Crippen molar-refractivity contribution in [3.05, 3.63) is 0 Å². The van der Waals surface area contributed by atoms with Crippen molar-refractivity contribution in [2.75, 3.05) is 12.3 Å². The van der Waals surface area contributed by atoms with Gasteiger partial charge >= 0.3 is 0 Å².